The van der Waals surface area contributed by atoms with Crippen LogP contribution in [0.3, 0.4) is 0 Å². The van der Waals surface area contributed by atoms with Gasteiger partial charge < -0.3 is 10.2 Å². The molecule has 0 spiro atoms. The Morgan fingerprint density at radius 3 is 2.22 bits per heavy atom. The zero-order valence-corrected chi connectivity index (χ0v) is 15.2. The summed E-state index contributed by atoms with van der Waals surface area (Å²) in [7, 11) is 0. The highest BCUT2D eigenvalue weighted by atomic mass is 35.5. The highest BCUT2D eigenvalue weighted by Gasteiger charge is 2.35. The normalized spacial score (nSPS) is 14.7. The highest BCUT2D eigenvalue weighted by Crippen LogP contribution is 2.39. The van der Waals surface area contributed by atoms with E-state index in [1.165, 1.54) is 29.2 Å². The third-order valence-electron chi connectivity index (χ3n) is 4.14. The number of rotatable bonds is 2. The van der Waals surface area contributed by atoms with Crippen molar-refractivity contribution in [3.8, 4) is 11.5 Å². The van der Waals surface area contributed by atoms with Gasteiger partial charge in [0.05, 0.1) is 21.4 Å². The van der Waals surface area contributed by atoms with Crippen molar-refractivity contribution >= 4 is 51.9 Å². The standard InChI is InChI=1S/C20H12Cl2N2O3/c21-16-8-1-11(9-17(16)22)23-19-15-7-6-14(26)10-18(15)24(20(19)27)12-2-4-13(25)5-3-12/h1-10,25-26H. The highest BCUT2D eigenvalue weighted by molar-refractivity contribution is 6.56. The minimum Gasteiger partial charge on any atom is -0.508 e. The first-order chi connectivity index (χ1) is 12.9. The van der Waals surface area contributed by atoms with Gasteiger partial charge in [0.15, 0.2) is 0 Å². The number of fused-ring (bicyclic) bond motifs is 1. The lowest BCUT2D eigenvalue weighted by Gasteiger charge is -2.17. The minimum atomic E-state index is -0.354. The van der Waals surface area contributed by atoms with E-state index in [1.807, 2.05) is 0 Å². The summed E-state index contributed by atoms with van der Waals surface area (Å²) in [6.07, 6.45) is 0. The van der Waals surface area contributed by atoms with Crippen molar-refractivity contribution in [3.63, 3.8) is 0 Å². The van der Waals surface area contributed by atoms with Gasteiger partial charge in [-0.3, -0.25) is 9.69 Å². The molecule has 0 aromatic heterocycles. The number of hydrogen-bond donors (Lipinski definition) is 2. The Labute approximate surface area is 164 Å². The lowest BCUT2D eigenvalue weighted by atomic mass is 10.1. The second-order valence-electron chi connectivity index (χ2n) is 5.92. The largest absolute Gasteiger partial charge is 0.508 e. The van der Waals surface area contributed by atoms with Gasteiger partial charge in [-0.1, -0.05) is 23.2 Å². The monoisotopic (exact) mass is 398 g/mol. The van der Waals surface area contributed by atoms with E-state index in [2.05, 4.69) is 4.99 Å². The van der Waals surface area contributed by atoms with Gasteiger partial charge in [0.2, 0.25) is 0 Å². The van der Waals surface area contributed by atoms with E-state index in [0.717, 1.165) is 0 Å². The SMILES string of the molecule is O=C1C(=Nc2ccc(Cl)c(Cl)c2)c2ccc(O)cc2N1c1ccc(O)cc1. The van der Waals surface area contributed by atoms with Crippen LogP contribution in [0.2, 0.25) is 10.0 Å². The van der Waals surface area contributed by atoms with Crippen LogP contribution >= 0.6 is 23.2 Å². The van der Waals surface area contributed by atoms with Crippen LogP contribution in [-0.4, -0.2) is 21.8 Å². The summed E-state index contributed by atoms with van der Waals surface area (Å²) >= 11 is 12.0. The van der Waals surface area contributed by atoms with Crippen LogP contribution < -0.4 is 4.90 Å². The van der Waals surface area contributed by atoms with Crippen LogP contribution in [0.1, 0.15) is 5.56 Å². The molecule has 5 nitrogen and oxygen atoms in total. The van der Waals surface area contributed by atoms with Gasteiger partial charge in [-0.15, -0.1) is 0 Å². The number of nitrogens with zero attached hydrogens (tertiary/aromatic N) is 2. The number of carbonyl (C=O) groups excluding carboxylic acids is 1. The number of anilines is 2. The molecule has 2 N–H and O–H groups in total. The maximum Gasteiger partial charge on any atom is 0.282 e. The first kappa shape index (κ1) is 17.4. The molecular formula is C20H12Cl2N2O3. The number of benzene rings is 3. The van der Waals surface area contributed by atoms with Crippen molar-refractivity contribution in [1.29, 1.82) is 0 Å². The molecule has 27 heavy (non-hydrogen) atoms. The minimum absolute atomic E-state index is 0.0288. The number of hydrogen-bond acceptors (Lipinski definition) is 4. The average Bonchev–Trinajstić information content (AvgIpc) is 2.90. The third-order valence-corrected chi connectivity index (χ3v) is 4.87. The summed E-state index contributed by atoms with van der Waals surface area (Å²) in [4.78, 5) is 19.0. The summed E-state index contributed by atoms with van der Waals surface area (Å²) in [6, 6.07) is 15.7. The summed E-state index contributed by atoms with van der Waals surface area (Å²) in [5.41, 5.74) is 2.33. The summed E-state index contributed by atoms with van der Waals surface area (Å²) < 4.78 is 0. The molecule has 1 amide bonds. The number of aliphatic imine (C=N–C) groups is 1. The van der Waals surface area contributed by atoms with Gasteiger partial charge >= 0.3 is 0 Å². The fourth-order valence-corrected chi connectivity index (χ4v) is 3.18. The molecule has 7 heteroatoms. The summed E-state index contributed by atoms with van der Waals surface area (Å²) in [5.74, 6) is -0.236. The van der Waals surface area contributed by atoms with Crippen molar-refractivity contribution in [3.05, 3.63) is 76.3 Å². The Hall–Kier alpha value is -3.02. The Morgan fingerprint density at radius 1 is 0.815 bits per heavy atom. The van der Waals surface area contributed by atoms with Crippen LogP contribution in [0.25, 0.3) is 0 Å². The van der Waals surface area contributed by atoms with Crippen molar-refractivity contribution in [1.82, 2.24) is 0 Å². The molecule has 0 bridgehead atoms. The van der Waals surface area contributed by atoms with Crippen molar-refractivity contribution in [2.45, 2.75) is 0 Å². The molecule has 0 fully saturated rings. The number of phenols is 2. The van der Waals surface area contributed by atoms with E-state index in [9.17, 15) is 15.0 Å². The van der Waals surface area contributed by atoms with Gasteiger partial charge in [0.25, 0.3) is 5.91 Å². The first-order valence-electron chi connectivity index (χ1n) is 7.94. The van der Waals surface area contributed by atoms with Gasteiger partial charge in [0.1, 0.15) is 17.2 Å². The Balaban J connectivity index is 1.87. The Kier molecular flexibility index (Phi) is 4.26. The van der Waals surface area contributed by atoms with Crippen LogP contribution in [-0.2, 0) is 4.79 Å². The maximum absolute atomic E-state index is 13.1. The Bertz CT molecular complexity index is 1090. The molecule has 1 aliphatic heterocycles. The number of aromatic hydroxyl groups is 2. The van der Waals surface area contributed by atoms with Crippen LogP contribution in [0.5, 0.6) is 11.5 Å². The van der Waals surface area contributed by atoms with Gasteiger partial charge in [-0.2, -0.15) is 0 Å². The molecule has 1 aliphatic rings. The summed E-state index contributed by atoms with van der Waals surface area (Å²) in [5, 5.41) is 20.1. The third kappa shape index (κ3) is 3.12. The molecule has 0 unspecified atom stereocenters. The lowest BCUT2D eigenvalue weighted by molar-refractivity contribution is -0.111. The molecule has 134 valence electrons. The molecule has 0 saturated carbocycles. The van der Waals surface area contributed by atoms with Crippen LogP contribution in [0.4, 0.5) is 17.1 Å². The van der Waals surface area contributed by atoms with Gasteiger partial charge in [-0.25, -0.2) is 4.99 Å². The molecular weight excluding hydrogens is 387 g/mol. The van der Waals surface area contributed by atoms with Crippen molar-refractivity contribution in [2.75, 3.05) is 4.90 Å². The predicted molar refractivity (Wildman–Crippen MR) is 106 cm³/mol. The molecule has 0 saturated heterocycles. The second kappa shape index (κ2) is 6.61. The predicted octanol–water partition coefficient (Wildman–Crippen LogP) is 5.20. The quantitative estimate of drug-likeness (QED) is 0.622. The fourth-order valence-electron chi connectivity index (χ4n) is 2.89. The van der Waals surface area contributed by atoms with Crippen LogP contribution in [0.15, 0.2) is 65.7 Å². The topological polar surface area (TPSA) is 73.1 Å². The Morgan fingerprint density at radius 2 is 1.52 bits per heavy atom. The fraction of sp³-hybridized carbons (Fsp3) is 0. The van der Waals surface area contributed by atoms with Crippen molar-refractivity contribution in [2.24, 2.45) is 4.99 Å². The van der Waals surface area contributed by atoms with Gasteiger partial charge in [0, 0.05) is 17.3 Å². The maximum atomic E-state index is 13.1. The number of phenolic OH excluding ortho intramolecular Hbond substituents is 2. The first-order valence-corrected chi connectivity index (χ1v) is 8.70. The number of halogens is 2. The zero-order chi connectivity index (χ0) is 19.1. The molecule has 3 aromatic carbocycles. The molecule has 4 rings (SSSR count). The van der Waals surface area contributed by atoms with E-state index >= 15 is 0 Å². The van der Waals surface area contributed by atoms with E-state index < -0.39 is 0 Å². The molecule has 1 heterocycles. The zero-order valence-electron chi connectivity index (χ0n) is 13.7. The van der Waals surface area contributed by atoms with E-state index in [0.29, 0.717) is 32.7 Å². The number of amides is 1. The lowest BCUT2D eigenvalue weighted by Crippen LogP contribution is -2.25. The van der Waals surface area contributed by atoms with Gasteiger partial charge in [-0.05, 0) is 54.6 Å². The number of carbonyl (C=O) groups is 1. The smallest absolute Gasteiger partial charge is 0.282 e. The van der Waals surface area contributed by atoms with E-state index in [4.69, 9.17) is 23.2 Å². The molecule has 3 aromatic rings. The average molecular weight is 399 g/mol. The molecule has 0 radical (unpaired) electrons. The van der Waals surface area contributed by atoms with Crippen molar-refractivity contribution < 1.29 is 15.0 Å². The summed E-state index contributed by atoms with van der Waals surface area (Å²) in [6.45, 7) is 0. The van der Waals surface area contributed by atoms with E-state index in [-0.39, 0.29) is 23.1 Å². The molecule has 0 atom stereocenters. The molecule has 0 aliphatic carbocycles. The van der Waals surface area contributed by atoms with E-state index in [1.54, 1.807) is 36.4 Å². The second-order valence-corrected chi connectivity index (χ2v) is 6.73. The van der Waals surface area contributed by atoms with Crippen LogP contribution in [0, 0.1) is 0 Å².